The zero-order valence-corrected chi connectivity index (χ0v) is 11.1. The lowest BCUT2D eigenvalue weighted by atomic mass is 9.89. The Kier molecular flexibility index (Phi) is 3.81. The van der Waals surface area contributed by atoms with E-state index in [2.05, 4.69) is 42.5 Å². The summed E-state index contributed by atoms with van der Waals surface area (Å²) in [6.45, 7) is 1.58. The summed E-state index contributed by atoms with van der Waals surface area (Å²) in [5.74, 6) is 0.389. The SMILES string of the molecule is OC(Cc1ccc2ccccc2c1)C1CCOCC1. The lowest BCUT2D eigenvalue weighted by Crippen LogP contribution is -2.28. The van der Waals surface area contributed by atoms with Crippen molar-refractivity contribution in [2.75, 3.05) is 13.2 Å². The van der Waals surface area contributed by atoms with Gasteiger partial charge in [0, 0.05) is 13.2 Å². The molecule has 0 saturated carbocycles. The summed E-state index contributed by atoms with van der Waals surface area (Å²) >= 11 is 0. The Balaban J connectivity index is 1.73. The fraction of sp³-hybridized carbons (Fsp3) is 0.412. The summed E-state index contributed by atoms with van der Waals surface area (Å²) in [7, 11) is 0. The number of rotatable bonds is 3. The number of fused-ring (bicyclic) bond motifs is 1. The smallest absolute Gasteiger partial charge is 0.0610 e. The molecule has 2 aromatic rings. The molecule has 1 heterocycles. The van der Waals surface area contributed by atoms with Gasteiger partial charge in [-0.15, -0.1) is 0 Å². The number of aliphatic hydroxyl groups excluding tert-OH is 1. The van der Waals surface area contributed by atoms with E-state index in [1.807, 2.05) is 0 Å². The second-order valence-corrected chi connectivity index (χ2v) is 5.40. The van der Waals surface area contributed by atoms with Crippen molar-refractivity contribution >= 4 is 10.8 Å². The van der Waals surface area contributed by atoms with Crippen molar-refractivity contribution in [3.8, 4) is 0 Å². The topological polar surface area (TPSA) is 29.5 Å². The summed E-state index contributed by atoms with van der Waals surface area (Å²) in [5, 5.41) is 12.8. The Labute approximate surface area is 114 Å². The van der Waals surface area contributed by atoms with Gasteiger partial charge in [0.1, 0.15) is 0 Å². The van der Waals surface area contributed by atoms with Gasteiger partial charge in [-0.2, -0.15) is 0 Å². The molecular weight excluding hydrogens is 236 g/mol. The second kappa shape index (κ2) is 5.72. The van der Waals surface area contributed by atoms with E-state index in [9.17, 15) is 5.11 Å². The molecule has 1 unspecified atom stereocenters. The van der Waals surface area contributed by atoms with E-state index in [1.165, 1.54) is 16.3 Å². The number of hydrogen-bond acceptors (Lipinski definition) is 2. The molecule has 3 rings (SSSR count). The maximum absolute atomic E-state index is 10.3. The van der Waals surface area contributed by atoms with E-state index in [4.69, 9.17) is 4.74 Å². The van der Waals surface area contributed by atoms with E-state index in [1.54, 1.807) is 0 Å². The zero-order chi connectivity index (χ0) is 13.1. The van der Waals surface area contributed by atoms with Crippen molar-refractivity contribution in [2.45, 2.75) is 25.4 Å². The predicted octanol–water partition coefficient (Wildman–Crippen LogP) is 3.17. The fourth-order valence-corrected chi connectivity index (χ4v) is 2.87. The molecule has 2 heteroatoms. The summed E-state index contributed by atoms with van der Waals surface area (Å²) in [5.41, 5.74) is 1.22. The monoisotopic (exact) mass is 256 g/mol. The maximum atomic E-state index is 10.3. The number of benzene rings is 2. The minimum atomic E-state index is -0.245. The zero-order valence-electron chi connectivity index (χ0n) is 11.1. The highest BCUT2D eigenvalue weighted by molar-refractivity contribution is 5.82. The number of ether oxygens (including phenoxy) is 1. The first kappa shape index (κ1) is 12.6. The Morgan fingerprint density at radius 1 is 1.05 bits per heavy atom. The van der Waals surface area contributed by atoms with Crippen LogP contribution in [0.2, 0.25) is 0 Å². The van der Waals surface area contributed by atoms with Crippen molar-refractivity contribution < 1.29 is 9.84 Å². The molecular formula is C17H20O2. The molecule has 19 heavy (non-hydrogen) atoms. The van der Waals surface area contributed by atoms with E-state index in [-0.39, 0.29) is 6.10 Å². The van der Waals surface area contributed by atoms with Gasteiger partial charge in [-0.3, -0.25) is 0 Å². The Bertz CT molecular complexity index is 544. The van der Waals surface area contributed by atoms with Gasteiger partial charge in [-0.1, -0.05) is 42.5 Å². The van der Waals surface area contributed by atoms with E-state index in [0.29, 0.717) is 5.92 Å². The Hall–Kier alpha value is -1.38. The highest BCUT2D eigenvalue weighted by atomic mass is 16.5. The summed E-state index contributed by atoms with van der Waals surface area (Å²) in [4.78, 5) is 0. The van der Waals surface area contributed by atoms with E-state index >= 15 is 0 Å². The van der Waals surface area contributed by atoms with Gasteiger partial charge < -0.3 is 9.84 Å². The van der Waals surface area contributed by atoms with Gasteiger partial charge >= 0.3 is 0 Å². The largest absolute Gasteiger partial charge is 0.392 e. The summed E-state index contributed by atoms with van der Waals surface area (Å²) in [6, 6.07) is 14.8. The number of hydrogen-bond donors (Lipinski definition) is 1. The van der Waals surface area contributed by atoms with Crippen molar-refractivity contribution in [2.24, 2.45) is 5.92 Å². The van der Waals surface area contributed by atoms with Gasteiger partial charge in [0.25, 0.3) is 0 Å². The third kappa shape index (κ3) is 2.96. The van der Waals surface area contributed by atoms with Crippen LogP contribution in [0, 0.1) is 5.92 Å². The van der Waals surface area contributed by atoms with Gasteiger partial charge in [0.2, 0.25) is 0 Å². The third-order valence-corrected chi connectivity index (χ3v) is 4.07. The molecule has 1 atom stereocenters. The van der Waals surface area contributed by atoms with Crippen LogP contribution in [0.4, 0.5) is 0 Å². The third-order valence-electron chi connectivity index (χ3n) is 4.07. The van der Waals surface area contributed by atoms with Crippen molar-refractivity contribution in [1.29, 1.82) is 0 Å². The first-order valence-electron chi connectivity index (χ1n) is 7.06. The predicted molar refractivity (Wildman–Crippen MR) is 77.2 cm³/mol. The second-order valence-electron chi connectivity index (χ2n) is 5.40. The van der Waals surface area contributed by atoms with Gasteiger partial charge in [0.15, 0.2) is 0 Å². The maximum Gasteiger partial charge on any atom is 0.0610 e. The molecule has 0 amide bonds. The van der Waals surface area contributed by atoms with Gasteiger partial charge in [-0.05, 0) is 41.5 Å². The van der Waals surface area contributed by atoms with E-state index < -0.39 is 0 Å². The van der Waals surface area contributed by atoms with Crippen LogP contribution in [0.1, 0.15) is 18.4 Å². The van der Waals surface area contributed by atoms with Crippen LogP contribution in [0.15, 0.2) is 42.5 Å². The van der Waals surface area contributed by atoms with Crippen LogP contribution in [-0.2, 0) is 11.2 Å². The van der Waals surface area contributed by atoms with Crippen LogP contribution in [-0.4, -0.2) is 24.4 Å². The first-order valence-corrected chi connectivity index (χ1v) is 7.06. The normalized spacial score (nSPS) is 18.6. The lowest BCUT2D eigenvalue weighted by molar-refractivity contribution is 0.00841. The fourth-order valence-electron chi connectivity index (χ4n) is 2.87. The molecule has 2 aromatic carbocycles. The Morgan fingerprint density at radius 3 is 2.58 bits per heavy atom. The van der Waals surface area contributed by atoms with Crippen LogP contribution < -0.4 is 0 Å². The molecule has 1 aliphatic rings. The molecule has 0 aromatic heterocycles. The average Bonchev–Trinajstić information content (AvgIpc) is 2.48. The summed E-state index contributed by atoms with van der Waals surface area (Å²) in [6.07, 6.45) is 2.46. The van der Waals surface area contributed by atoms with Gasteiger partial charge in [0.05, 0.1) is 6.10 Å². The molecule has 0 radical (unpaired) electrons. The average molecular weight is 256 g/mol. The van der Waals surface area contributed by atoms with Crippen molar-refractivity contribution in [3.05, 3.63) is 48.0 Å². The van der Waals surface area contributed by atoms with Crippen molar-refractivity contribution in [3.63, 3.8) is 0 Å². The quantitative estimate of drug-likeness (QED) is 0.914. The molecule has 1 aliphatic heterocycles. The minimum absolute atomic E-state index is 0.245. The molecule has 1 N–H and O–H groups in total. The standard InChI is InChI=1S/C17H20O2/c18-17(15-7-9-19-10-8-15)12-13-5-6-14-3-1-2-4-16(14)11-13/h1-6,11,15,17-18H,7-10,12H2. The molecule has 1 fully saturated rings. The molecule has 1 saturated heterocycles. The summed E-state index contributed by atoms with van der Waals surface area (Å²) < 4.78 is 5.35. The van der Waals surface area contributed by atoms with Crippen LogP contribution in [0.5, 0.6) is 0 Å². The number of aliphatic hydroxyl groups is 1. The van der Waals surface area contributed by atoms with Crippen LogP contribution >= 0.6 is 0 Å². The van der Waals surface area contributed by atoms with Crippen molar-refractivity contribution in [1.82, 2.24) is 0 Å². The highest BCUT2D eigenvalue weighted by Crippen LogP contribution is 2.23. The first-order chi connectivity index (χ1) is 9.33. The minimum Gasteiger partial charge on any atom is -0.392 e. The van der Waals surface area contributed by atoms with Gasteiger partial charge in [-0.25, -0.2) is 0 Å². The van der Waals surface area contributed by atoms with Crippen LogP contribution in [0.25, 0.3) is 10.8 Å². The molecule has 0 spiro atoms. The molecule has 2 nitrogen and oxygen atoms in total. The lowest BCUT2D eigenvalue weighted by Gasteiger charge is -2.26. The van der Waals surface area contributed by atoms with Crippen LogP contribution in [0.3, 0.4) is 0 Å². The molecule has 100 valence electrons. The molecule has 0 aliphatic carbocycles. The Morgan fingerprint density at radius 2 is 1.79 bits per heavy atom. The highest BCUT2D eigenvalue weighted by Gasteiger charge is 2.22. The van der Waals surface area contributed by atoms with E-state index in [0.717, 1.165) is 32.5 Å². The molecule has 0 bridgehead atoms.